The average molecular weight is 258 g/mol. The van der Waals surface area contributed by atoms with Crippen LogP contribution in [0.4, 0.5) is 0 Å². The summed E-state index contributed by atoms with van der Waals surface area (Å²) in [7, 11) is 1.69. The molecular formula is C11H16BrNO. The van der Waals surface area contributed by atoms with Gasteiger partial charge in [-0.1, -0.05) is 15.9 Å². The van der Waals surface area contributed by atoms with E-state index in [1.165, 1.54) is 11.1 Å². The molecule has 0 amide bonds. The molecule has 2 nitrogen and oxygen atoms in total. The molecule has 1 rings (SSSR count). The predicted octanol–water partition coefficient (Wildman–Crippen LogP) is 2.84. The standard InChI is InChI=1S/C11H16BrNO/c1-6-7(2)11(14-4)9(5-13)8(3)10(6)12/h5,13H2,1-4H3. The molecule has 0 bridgehead atoms. The van der Waals surface area contributed by atoms with Crippen LogP contribution in [0.25, 0.3) is 0 Å². The lowest BCUT2D eigenvalue weighted by Crippen LogP contribution is -2.06. The fraction of sp³-hybridized carbons (Fsp3) is 0.455. The molecule has 0 saturated heterocycles. The van der Waals surface area contributed by atoms with Crippen LogP contribution in [0.5, 0.6) is 5.75 Å². The van der Waals surface area contributed by atoms with Gasteiger partial charge in [0.05, 0.1) is 7.11 Å². The van der Waals surface area contributed by atoms with E-state index >= 15 is 0 Å². The first-order valence-electron chi connectivity index (χ1n) is 4.56. The molecule has 0 aliphatic carbocycles. The number of hydrogen-bond acceptors (Lipinski definition) is 2. The van der Waals surface area contributed by atoms with Gasteiger partial charge in [-0.25, -0.2) is 0 Å². The van der Waals surface area contributed by atoms with Crippen molar-refractivity contribution in [3.05, 3.63) is 26.7 Å². The number of methoxy groups -OCH3 is 1. The van der Waals surface area contributed by atoms with Gasteiger partial charge in [0.1, 0.15) is 5.75 Å². The Morgan fingerprint density at radius 1 is 1.14 bits per heavy atom. The van der Waals surface area contributed by atoms with E-state index < -0.39 is 0 Å². The van der Waals surface area contributed by atoms with Crippen molar-refractivity contribution in [2.45, 2.75) is 27.3 Å². The quantitative estimate of drug-likeness (QED) is 0.885. The van der Waals surface area contributed by atoms with Crippen molar-refractivity contribution < 1.29 is 4.74 Å². The molecule has 0 spiro atoms. The number of ether oxygens (including phenoxy) is 1. The highest BCUT2D eigenvalue weighted by molar-refractivity contribution is 9.10. The highest BCUT2D eigenvalue weighted by Gasteiger charge is 2.14. The lowest BCUT2D eigenvalue weighted by molar-refractivity contribution is 0.405. The first kappa shape index (κ1) is 11.5. The monoisotopic (exact) mass is 257 g/mol. The van der Waals surface area contributed by atoms with Crippen molar-refractivity contribution in [3.63, 3.8) is 0 Å². The van der Waals surface area contributed by atoms with Crippen LogP contribution in [0, 0.1) is 20.8 Å². The van der Waals surface area contributed by atoms with E-state index in [1.54, 1.807) is 7.11 Å². The van der Waals surface area contributed by atoms with Crippen LogP contribution in [-0.2, 0) is 6.54 Å². The van der Waals surface area contributed by atoms with Crippen LogP contribution in [0.3, 0.4) is 0 Å². The van der Waals surface area contributed by atoms with Crippen molar-refractivity contribution in [2.24, 2.45) is 5.73 Å². The molecule has 0 aliphatic heterocycles. The lowest BCUT2D eigenvalue weighted by Gasteiger charge is -2.17. The Labute approximate surface area is 93.6 Å². The Balaban J connectivity index is 3.57. The van der Waals surface area contributed by atoms with E-state index in [-0.39, 0.29) is 0 Å². The van der Waals surface area contributed by atoms with E-state index in [0.717, 1.165) is 21.3 Å². The Kier molecular flexibility index (Phi) is 3.56. The van der Waals surface area contributed by atoms with Crippen molar-refractivity contribution in [1.82, 2.24) is 0 Å². The van der Waals surface area contributed by atoms with Crippen LogP contribution in [-0.4, -0.2) is 7.11 Å². The van der Waals surface area contributed by atoms with Crippen LogP contribution in [0.2, 0.25) is 0 Å². The maximum Gasteiger partial charge on any atom is 0.126 e. The van der Waals surface area contributed by atoms with Gasteiger partial charge >= 0.3 is 0 Å². The summed E-state index contributed by atoms with van der Waals surface area (Å²) in [6.45, 7) is 6.70. The Morgan fingerprint density at radius 2 is 1.71 bits per heavy atom. The van der Waals surface area contributed by atoms with Crippen molar-refractivity contribution in [2.75, 3.05) is 7.11 Å². The zero-order chi connectivity index (χ0) is 10.9. The molecule has 0 heterocycles. The van der Waals surface area contributed by atoms with Crippen molar-refractivity contribution >= 4 is 15.9 Å². The zero-order valence-corrected chi connectivity index (χ0v) is 10.7. The minimum atomic E-state index is 0.509. The highest BCUT2D eigenvalue weighted by Crippen LogP contribution is 2.35. The third-order valence-electron chi connectivity index (χ3n) is 2.70. The number of benzene rings is 1. The Hall–Kier alpha value is -0.540. The number of hydrogen-bond donors (Lipinski definition) is 1. The smallest absolute Gasteiger partial charge is 0.126 e. The molecule has 2 N–H and O–H groups in total. The van der Waals surface area contributed by atoms with Crippen molar-refractivity contribution in [3.8, 4) is 5.75 Å². The predicted molar refractivity (Wildman–Crippen MR) is 62.8 cm³/mol. The van der Waals surface area contributed by atoms with Gasteiger partial charge in [-0.05, 0) is 37.5 Å². The third-order valence-corrected chi connectivity index (χ3v) is 3.89. The number of nitrogens with two attached hydrogens (primary N) is 1. The first-order valence-corrected chi connectivity index (χ1v) is 5.36. The summed E-state index contributed by atoms with van der Waals surface area (Å²) >= 11 is 3.57. The average Bonchev–Trinajstić information content (AvgIpc) is 2.20. The van der Waals surface area contributed by atoms with Gasteiger partial charge in [-0.3, -0.25) is 0 Å². The molecule has 78 valence electrons. The van der Waals surface area contributed by atoms with E-state index in [1.807, 2.05) is 0 Å². The van der Waals surface area contributed by atoms with E-state index in [0.29, 0.717) is 6.54 Å². The maximum absolute atomic E-state index is 5.71. The number of rotatable bonds is 2. The highest BCUT2D eigenvalue weighted by atomic mass is 79.9. The topological polar surface area (TPSA) is 35.2 Å². The summed E-state index contributed by atoms with van der Waals surface area (Å²) in [5.74, 6) is 0.922. The summed E-state index contributed by atoms with van der Waals surface area (Å²) in [5, 5.41) is 0. The molecule has 0 saturated carbocycles. The second-order valence-electron chi connectivity index (χ2n) is 3.40. The molecule has 0 aliphatic rings. The van der Waals surface area contributed by atoms with Crippen LogP contribution in [0.15, 0.2) is 4.47 Å². The molecule has 0 unspecified atom stereocenters. The largest absolute Gasteiger partial charge is 0.496 e. The molecule has 0 aromatic heterocycles. The fourth-order valence-corrected chi connectivity index (χ4v) is 2.20. The second-order valence-corrected chi connectivity index (χ2v) is 4.20. The van der Waals surface area contributed by atoms with Crippen LogP contribution >= 0.6 is 15.9 Å². The summed E-state index contributed by atoms with van der Waals surface area (Å²) < 4.78 is 6.52. The van der Waals surface area contributed by atoms with Gasteiger partial charge in [0.2, 0.25) is 0 Å². The molecule has 0 radical (unpaired) electrons. The van der Waals surface area contributed by atoms with Gasteiger partial charge in [-0.15, -0.1) is 0 Å². The van der Waals surface area contributed by atoms with Gasteiger partial charge in [0.15, 0.2) is 0 Å². The minimum absolute atomic E-state index is 0.509. The molecule has 3 heteroatoms. The SMILES string of the molecule is COc1c(C)c(C)c(Br)c(C)c1CN. The first-order chi connectivity index (χ1) is 6.54. The Morgan fingerprint density at radius 3 is 2.14 bits per heavy atom. The third kappa shape index (κ3) is 1.66. The van der Waals surface area contributed by atoms with Crippen LogP contribution in [0.1, 0.15) is 22.3 Å². The summed E-state index contributed by atoms with van der Waals surface area (Å²) in [5.41, 5.74) is 10.4. The maximum atomic E-state index is 5.71. The van der Waals surface area contributed by atoms with Gasteiger partial charge < -0.3 is 10.5 Å². The molecule has 0 atom stereocenters. The second kappa shape index (κ2) is 4.32. The molecule has 1 aromatic rings. The van der Waals surface area contributed by atoms with Gasteiger partial charge in [0, 0.05) is 16.6 Å². The molecule has 14 heavy (non-hydrogen) atoms. The molecule has 1 aromatic carbocycles. The fourth-order valence-electron chi connectivity index (χ4n) is 1.67. The summed E-state index contributed by atoms with van der Waals surface area (Å²) in [6.07, 6.45) is 0. The zero-order valence-electron chi connectivity index (χ0n) is 9.07. The van der Waals surface area contributed by atoms with Gasteiger partial charge in [0.25, 0.3) is 0 Å². The minimum Gasteiger partial charge on any atom is -0.496 e. The van der Waals surface area contributed by atoms with Crippen molar-refractivity contribution in [1.29, 1.82) is 0 Å². The van der Waals surface area contributed by atoms with E-state index in [2.05, 4.69) is 36.7 Å². The molecular weight excluding hydrogens is 242 g/mol. The normalized spacial score (nSPS) is 10.4. The van der Waals surface area contributed by atoms with E-state index in [9.17, 15) is 0 Å². The lowest BCUT2D eigenvalue weighted by atomic mass is 9.99. The summed E-state index contributed by atoms with van der Waals surface area (Å²) in [4.78, 5) is 0. The Bertz CT molecular complexity index is 326. The van der Waals surface area contributed by atoms with Crippen LogP contribution < -0.4 is 10.5 Å². The summed E-state index contributed by atoms with van der Waals surface area (Å²) in [6, 6.07) is 0. The molecule has 0 fully saturated rings. The van der Waals surface area contributed by atoms with Gasteiger partial charge in [-0.2, -0.15) is 0 Å². The number of halogens is 1. The van der Waals surface area contributed by atoms with E-state index in [4.69, 9.17) is 10.5 Å².